The predicted octanol–water partition coefficient (Wildman–Crippen LogP) is 4.59. The average Bonchev–Trinajstić information content (AvgIpc) is 3.44. The number of hydrogen-bond acceptors (Lipinski definition) is 3. The third-order valence-electron chi connectivity index (χ3n) is 5.15. The van der Waals surface area contributed by atoms with Crippen LogP contribution in [0.15, 0.2) is 71.3 Å². The molecule has 0 saturated heterocycles. The highest BCUT2D eigenvalue weighted by Gasteiger charge is 2.32. The highest BCUT2D eigenvalue weighted by Crippen LogP contribution is 2.27. The molecule has 0 unspecified atom stereocenters. The first-order valence-electron chi connectivity index (χ1n) is 10.3. The summed E-state index contributed by atoms with van der Waals surface area (Å²) in [6, 6.07) is 17.1. The quantitative estimate of drug-likeness (QED) is 0.559. The molecule has 160 valence electrons. The maximum absolute atomic E-state index is 13.4. The van der Waals surface area contributed by atoms with Crippen LogP contribution in [0.25, 0.3) is 0 Å². The van der Waals surface area contributed by atoms with Crippen molar-refractivity contribution in [2.24, 2.45) is 0 Å². The minimum absolute atomic E-state index is 0.135. The monoisotopic (exact) mass is 421 g/mol. The average molecular weight is 421 g/mol. The van der Waals surface area contributed by atoms with Crippen LogP contribution in [0.2, 0.25) is 0 Å². The van der Waals surface area contributed by atoms with Gasteiger partial charge < -0.3 is 20.0 Å². The zero-order valence-electron chi connectivity index (χ0n) is 17.0. The summed E-state index contributed by atoms with van der Waals surface area (Å²) in [7, 11) is 0. The molecule has 1 heterocycles. The normalized spacial score (nSPS) is 12.9. The second-order valence-electron chi connectivity index (χ2n) is 7.59. The topological polar surface area (TPSA) is 74.6 Å². The summed E-state index contributed by atoms with van der Waals surface area (Å²) >= 11 is 0. The molecule has 1 aromatic heterocycles. The molecule has 0 atom stereocenters. The number of nitrogens with one attached hydrogen (secondary N) is 2. The maximum atomic E-state index is 13.4. The Hall–Kier alpha value is -3.61. The molecule has 7 heteroatoms. The van der Waals surface area contributed by atoms with Crippen molar-refractivity contribution >= 4 is 17.6 Å². The van der Waals surface area contributed by atoms with Crippen LogP contribution < -0.4 is 10.6 Å². The van der Waals surface area contributed by atoms with Crippen LogP contribution in [0.4, 0.5) is 14.9 Å². The molecule has 4 rings (SSSR count). The van der Waals surface area contributed by atoms with Crippen LogP contribution in [0.5, 0.6) is 0 Å². The molecule has 0 bridgehead atoms. The highest BCUT2D eigenvalue weighted by atomic mass is 19.1. The van der Waals surface area contributed by atoms with Crippen molar-refractivity contribution in [1.82, 2.24) is 10.2 Å². The van der Waals surface area contributed by atoms with Crippen molar-refractivity contribution in [1.29, 1.82) is 0 Å². The lowest BCUT2D eigenvalue weighted by molar-refractivity contribution is 0.0996. The van der Waals surface area contributed by atoms with Gasteiger partial charge in [0.05, 0.1) is 6.26 Å². The van der Waals surface area contributed by atoms with Gasteiger partial charge in [0.1, 0.15) is 5.82 Å². The standard InChI is InChI=1S/C24H24FN3O3/c25-19-6-1-4-17(14-19)11-12-28(21-9-10-21)24(30)26-16-18-5-2-7-20(15-18)27-23(29)22-8-3-13-31-22/h1-8,13-15,21H,9-12,16H2,(H,26,30)(H,27,29). The number of hydrogen-bond donors (Lipinski definition) is 2. The predicted molar refractivity (Wildman–Crippen MR) is 115 cm³/mol. The number of urea groups is 1. The molecule has 0 radical (unpaired) electrons. The first-order chi connectivity index (χ1) is 15.1. The molecule has 1 saturated carbocycles. The zero-order chi connectivity index (χ0) is 21.6. The second kappa shape index (κ2) is 9.47. The van der Waals surface area contributed by atoms with Crippen LogP contribution in [0.1, 0.15) is 34.5 Å². The number of rotatable bonds is 8. The van der Waals surface area contributed by atoms with Gasteiger partial charge in [-0.2, -0.15) is 0 Å². The number of furan rings is 1. The molecule has 3 aromatic rings. The van der Waals surface area contributed by atoms with Crippen molar-refractivity contribution in [3.63, 3.8) is 0 Å². The van der Waals surface area contributed by atoms with Crippen LogP contribution in [0.3, 0.4) is 0 Å². The Morgan fingerprint density at radius 1 is 1.03 bits per heavy atom. The largest absolute Gasteiger partial charge is 0.459 e. The molecule has 1 fully saturated rings. The van der Waals surface area contributed by atoms with Gasteiger partial charge in [-0.15, -0.1) is 0 Å². The number of benzene rings is 2. The lowest BCUT2D eigenvalue weighted by atomic mass is 10.1. The van der Waals surface area contributed by atoms with Crippen LogP contribution in [-0.2, 0) is 13.0 Å². The minimum atomic E-state index is -0.330. The molecule has 2 aromatic carbocycles. The van der Waals surface area contributed by atoms with Gasteiger partial charge in [0, 0.05) is 24.8 Å². The fourth-order valence-electron chi connectivity index (χ4n) is 3.42. The SMILES string of the molecule is O=C(Nc1cccc(CNC(=O)N(CCc2cccc(F)c2)C2CC2)c1)c1ccco1. The molecular weight excluding hydrogens is 397 g/mol. The number of amides is 3. The summed E-state index contributed by atoms with van der Waals surface area (Å²) in [4.78, 5) is 26.7. The number of halogens is 1. The molecule has 0 spiro atoms. The number of nitrogens with zero attached hydrogens (tertiary/aromatic N) is 1. The van der Waals surface area contributed by atoms with E-state index in [2.05, 4.69) is 10.6 Å². The lowest BCUT2D eigenvalue weighted by Gasteiger charge is -2.23. The Balaban J connectivity index is 1.32. The van der Waals surface area contributed by atoms with Gasteiger partial charge in [-0.25, -0.2) is 9.18 Å². The molecule has 0 aliphatic heterocycles. The van der Waals surface area contributed by atoms with E-state index in [9.17, 15) is 14.0 Å². The second-order valence-corrected chi connectivity index (χ2v) is 7.59. The minimum Gasteiger partial charge on any atom is -0.459 e. The third-order valence-corrected chi connectivity index (χ3v) is 5.15. The molecular formula is C24H24FN3O3. The fourth-order valence-corrected chi connectivity index (χ4v) is 3.42. The zero-order valence-corrected chi connectivity index (χ0v) is 17.0. The number of anilines is 1. The smallest absolute Gasteiger partial charge is 0.317 e. The Kier molecular flexibility index (Phi) is 6.31. The fraction of sp³-hybridized carbons (Fsp3) is 0.250. The van der Waals surface area contributed by atoms with Gasteiger partial charge in [-0.05, 0) is 66.8 Å². The first-order valence-corrected chi connectivity index (χ1v) is 10.3. The third kappa shape index (κ3) is 5.72. The summed E-state index contributed by atoms with van der Waals surface area (Å²) in [5.74, 6) is -0.362. The van der Waals surface area contributed by atoms with Crippen molar-refractivity contribution in [3.05, 3.63) is 89.6 Å². The molecule has 2 N–H and O–H groups in total. The van der Waals surface area contributed by atoms with Gasteiger partial charge in [-0.3, -0.25) is 4.79 Å². The van der Waals surface area contributed by atoms with E-state index in [1.54, 1.807) is 24.3 Å². The van der Waals surface area contributed by atoms with E-state index in [0.717, 1.165) is 24.0 Å². The van der Waals surface area contributed by atoms with Gasteiger partial charge in [0.2, 0.25) is 0 Å². The summed E-state index contributed by atoms with van der Waals surface area (Å²) in [5.41, 5.74) is 2.36. The van der Waals surface area contributed by atoms with Crippen molar-refractivity contribution in [2.45, 2.75) is 31.8 Å². The van der Waals surface area contributed by atoms with Crippen LogP contribution in [0, 0.1) is 5.82 Å². The highest BCUT2D eigenvalue weighted by molar-refractivity contribution is 6.02. The van der Waals surface area contributed by atoms with Crippen LogP contribution >= 0.6 is 0 Å². The van der Waals surface area contributed by atoms with Crippen molar-refractivity contribution < 1.29 is 18.4 Å². The number of carbonyl (C=O) groups is 2. The van der Waals surface area contributed by atoms with E-state index in [4.69, 9.17) is 4.42 Å². The molecule has 1 aliphatic rings. The van der Waals surface area contributed by atoms with E-state index < -0.39 is 0 Å². The van der Waals surface area contributed by atoms with E-state index in [1.807, 2.05) is 29.2 Å². The van der Waals surface area contributed by atoms with Crippen molar-refractivity contribution in [3.8, 4) is 0 Å². The Bertz CT molecular complexity index is 1050. The summed E-state index contributed by atoms with van der Waals surface area (Å²) < 4.78 is 18.5. The number of carbonyl (C=O) groups excluding carboxylic acids is 2. The Morgan fingerprint density at radius 2 is 1.84 bits per heavy atom. The van der Waals surface area contributed by atoms with Crippen LogP contribution in [-0.4, -0.2) is 29.4 Å². The van der Waals surface area contributed by atoms with E-state index in [1.165, 1.54) is 18.4 Å². The van der Waals surface area contributed by atoms with E-state index >= 15 is 0 Å². The summed E-state index contributed by atoms with van der Waals surface area (Å²) in [6.45, 7) is 0.881. The van der Waals surface area contributed by atoms with Gasteiger partial charge in [0.25, 0.3) is 5.91 Å². The lowest BCUT2D eigenvalue weighted by Crippen LogP contribution is -2.42. The van der Waals surface area contributed by atoms with Gasteiger partial charge in [0.15, 0.2) is 5.76 Å². The Labute approximate surface area is 180 Å². The van der Waals surface area contributed by atoms with Gasteiger partial charge >= 0.3 is 6.03 Å². The Morgan fingerprint density at radius 3 is 2.58 bits per heavy atom. The summed E-state index contributed by atoms with van der Waals surface area (Å²) in [5, 5.41) is 5.74. The maximum Gasteiger partial charge on any atom is 0.317 e. The van der Waals surface area contributed by atoms with E-state index in [0.29, 0.717) is 25.2 Å². The van der Waals surface area contributed by atoms with Crippen molar-refractivity contribution in [2.75, 3.05) is 11.9 Å². The molecule has 31 heavy (non-hydrogen) atoms. The molecule has 1 aliphatic carbocycles. The van der Waals surface area contributed by atoms with E-state index in [-0.39, 0.29) is 29.6 Å². The first kappa shape index (κ1) is 20.7. The summed E-state index contributed by atoms with van der Waals surface area (Å²) in [6.07, 6.45) is 4.03. The van der Waals surface area contributed by atoms with Gasteiger partial charge in [-0.1, -0.05) is 24.3 Å². The molecule has 3 amide bonds. The molecule has 6 nitrogen and oxygen atoms in total.